The lowest BCUT2D eigenvalue weighted by atomic mass is 10.1. The van der Waals surface area contributed by atoms with E-state index in [4.69, 9.17) is 11.1 Å². The lowest BCUT2D eigenvalue weighted by molar-refractivity contribution is 0.948. The molecule has 0 aliphatic carbocycles. The van der Waals surface area contributed by atoms with Crippen LogP contribution < -0.4 is 5.73 Å². The number of nitrogens with two attached hydrogens (primary N) is 1. The standard InChI is InChI=1S/C11H10N2.C7H14.2C2H6/c12-7-9-6-5-8-3-1-2-4-10(8)11(9)13;1-4-5-6-7(2)3;2*1-2/h1-7,12H,13H2;6H,4-5H2,1-3H3;2*1-2H3. The summed E-state index contributed by atoms with van der Waals surface area (Å²) in [5, 5.41) is 9.29. The van der Waals surface area contributed by atoms with E-state index in [0.717, 1.165) is 16.3 Å². The van der Waals surface area contributed by atoms with Crippen molar-refractivity contribution < 1.29 is 0 Å². The number of benzene rings is 2. The lowest BCUT2D eigenvalue weighted by Gasteiger charge is -2.04. The maximum Gasteiger partial charge on any atom is 0.0482 e. The molecule has 0 atom stereocenters. The molecule has 0 radical (unpaired) electrons. The minimum absolute atomic E-state index is 0.688. The number of rotatable bonds is 3. The van der Waals surface area contributed by atoms with Gasteiger partial charge in [0, 0.05) is 22.9 Å². The summed E-state index contributed by atoms with van der Waals surface area (Å²) in [5.41, 5.74) is 8.78. The molecular formula is C22H36N2. The molecule has 0 spiro atoms. The second-order valence-corrected chi connectivity index (χ2v) is 5.00. The molecule has 0 aliphatic rings. The summed E-state index contributed by atoms with van der Waals surface area (Å²) in [7, 11) is 0. The third-order valence-electron chi connectivity index (χ3n) is 3.00. The topological polar surface area (TPSA) is 49.9 Å². The van der Waals surface area contributed by atoms with E-state index >= 15 is 0 Å². The number of hydrogen-bond donors (Lipinski definition) is 2. The number of allylic oxidation sites excluding steroid dienone is 2. The van der Waals surface area contributed by atoms with Crippen molar-refractivity contribution in [2.24, 2.45) is 0 Å². The van der Waals surface area contributed by atoms with Gasteiger partial charge in [-0.05, 0) is 25.7 Å². The molecule has 2 aromatic rings. The van der Waals surface area contributed by atoms with E-state index in [9.17, 15) is 0 Å². The first-order valence-corrected chi connectivity index (χ1v) is 9.01. The summed E-state index contributed by atoms with van der Waals surface area (Å²) < 4.78 is 0. The maximum absolute atomic E-state index is 7.15. The molecule has 0 aromatic heterocycles. The number of nitrogen functional groups attached to an aromatic ring is 1. The van der Waals surface area contributed by atoms with Crippen molar-refractivity contribution >= 4 is 22.7 Å². The molecule has 3 N–H and O–H groups in total. The van der Waals surface area contributed by atoms with Crippen LogP contribution in [-0.4, -0.2) is 6.21 Å². The highest BCUT2D eigenvalue weighted by atomic mass is 14.6. The Labute approximate surface area is 149 Å². The van der Waals surface area contributed by atoms with Gasteiger partial charge < -0.3 is 11.1 Å². The van der Waals surface area contributed by atoms with Crippen LogP contribution in [0, 0.1) is 5.41 Å². The van der Waals surface area contributed by atoms with Gasteiger partial charge in [0.1, 0.15) is 0 Å². The van der Waals surface area contributed by atoms with Gasteiger partial charge in [-0.3, -0.25) is 0 Å². The second kappa shape index (κ2) is 15.8. The van der Waals surface area contributed by atoms with E-state index in [0.29, 0.717) is 5.69 Å². The Kier molecular flexibility index (Phi) is 15.9. The predicted molar refractivity (Wildman–Crippen MR) is 113 cm³/mol. The molecule has 24 heavy (non-hydrogen) atoms. The van der Waals surface area contributed by atoms with Gasteiger partial charge in [0.15, 0.2) is 0 Å². The Bertz CT molecular complexity index is 594. The van der Waals surface area contributed by atoms with Gasteiger partial charge in [0.05, 0.1) is 0 Å². The van der Waals surface area contributed by atoms with Gasteiger partial charge >= 0.3 is 0 Å². The van der Waals surface area contributed by atoms with E-state index in [1.165, 1.54) is 24.6 Å². The van der Waals surface area contributed by atoms with Gasteiger partial charge in [0.2, 0.25) is 0 Å². The van der Waals surface area contributed by atoms with E-state index in [1.54, 1.807) is 0 Å². The van der Waals surface area contributed by atoms with Crippen LogP contribution in [0.1, 0.15) is 66.9 Å². The minimum atomic E-state index is 0.688. The fourth-order valence-corrected chi connectivity index (χ4v) is 1.87. The van der Waals surface area contributed by atoms with E-state index < -0.39 is 0 Å². The summed E-state index contributed by atoms with van der Waals surface area (Å²) in [6, 6.07) is 11.8. The van der Waals surface area contributed by atoms with Crippen LogP contribution >= 0.6 is 0 Å². The molecule has 0 aliphatic heterocycles. The zero-order chi connectivity index (χ0) is 19.0. The van der Waals surface area contributed by atoms with Crippen molar-refractivity contribution in [2.45, 2.75) is 61.3 Å². The monoisotopic (exact) mass is 328 g/mol. The Morgan fingerprint density at radius 3 is 2.04 bits per heavy atom. The Morgan fingerprint density at radius 2 is 1.58 bits per heavy atom. The first-order valence-electron chi connectivity index (χ1n) is 9.01. The predicted octanol–water partition coefficient (Wildman–Crippen LogP) is 7.22. The van der Waals surface area contributed by atoms with Crippen LogP contribution in [0.2, 0.25) is 0 Å². The molecule has 2 heteroatoms. The highest BCUT2D eigenvalue weighted by Crippen LogP contribution is 2.23. The largest absolute Gasteiger partial charge is 0.398 e. The van der Waals surface area contributed by atoms with Gasteiger partial charge in [-0.1, -0.05) is 89.1 Å². The Balaban J connectivity index is 0. The van der Waals surface area contributed by atoms with Crippen LogP contribution in [0.3, 0.4) is 0 Å². The molecule has 0 saturated carbocycles. The fourth-order valence-electron chi connectivity index (χ4n) is 1.87. The summed E-state index contributed by atoms with van der Waals surface area (Å²) in [6.45, 7) is 14.5. The lowest BCUT2D eigenvalue weighted by Crippen LogP contribution is -1.93. The van der Waals surface area contributed by atoms with Crippen LogP contribution in [0.25, 0.3) is 10.8 Å². The van der Waals surface area contributed by atoms with Gasteiger partial charge in [-0.15, -0.1) is 0 Å². The SMILES string of the molecule is CC.CC.CCCC=C(C)C.N=Cc1ccc2ccccc2c1N. The molecule has 0 bridgehead atoms. The number of hydrogen-bond acceptors (Lipinski definition) is 2. The molecule has 0 fully saturated rings. The molecule has 2 aromatic carbocycles. The minimum Gasteiger partial charge on any atom is -0.398 e. The zero-order valence-corrected chi connectivity index (χ0v) is 16.6. The summed E-state index contributed by atoms with van der Waals surface area (Å²) in [6.07, 6.45) is 6.05. The average molecular weight is 329 g/mol. The van der Waals surface area contributed by atoms with Crippen LogP contribution in [0.5, 0.6) is 0 Å². The van der Waals surface area contributed by atoms with Crippen molar-refractivity contribution in [1.82, 2.24) is 0 Å². The van der Waals surface area contributed by atoms with Crippen LogP contribution in [-0.2, 0) is 0 Å². The summed E-state index contributed by atoms with van der Waals surface area (Å²) in [5.74, 6) is 0. The van der Waals surface area contributed by atoms with Crippen molar-refractivity contribution in [3.8, 4) is 0 Å². The van der Waals surface area contributed by atoms with Crippen LogP contribution in [0.4, 0.5) is 5.69 Å². The van der Waals surface area contributed by atoms with Crippen molar-refractivity contribution in [3.63, 3.8) is 0 Å². The molecule has 2 rings (SSSR count). The highest BCUT2D eigenvalue weighted by molar-refractivity contribution is 6.01. The molecule has 134 valence electrons. The quantitative estimate of drug-likeness (QED) is 0.348. The van der Waals surface area contributed by atoms with Crippen molar-refractivity contribution in [1.29, 1.82) is 5.41 Å². The molecule has 0 amide bonds. The maximum atomic E-state index is 7.15. The van der Waals surface area contributed by atoms with Gasteiger partial charge in [-0.25, -0.2) is 0 Å². The first-order chi connectivity index (χ1) is 11.6. The molecule has 0 saturated heterocycles. The Hall–Kier alpha value is -2.09. The summed E-state index contributed by atoms with van der Waals surface area (Å²) >= 11 is 0. The second-order valence-electron chi connectivity index (χ2n) is 5.00. The third-order valence-corrected chi connectivity index (χ3v) is 3.00. The van der Waals surface area contributed by atoms with Crippen molar-refractivity contribution in [2.75, 3.05) is 5.73 Å². The molecule has 0 heterocycles. The van der Waals surface area contributed by atoms with Crippen LogP contribution in [0.15, 0.2) is 48.0 Å². The fraction of sp³-hybridized carbons (Fsp3) is 0.409. The molecular weight excluding hydrogens is 292 g/mol. The molecule has 2 nitrogen and oxygen atoms in total. The van der Waals surface area contributed by atoms with E-state index in [1.807, 2.05) is 64.1 Å². The van der Waals surface area contributed by atoms with Gasteiger partial charge in [0.25, 0.3) is 0 Å². The summed E-state index contributed by atoms with van der Waals surface area (Å²) in [4.78, 5) is 0. The van der Waals surface area contributed by atoms with E-state index in [-0.39, 0.29) is 0 Å². The number of nitrogens with one attached hydrogen (secondary N) is 1. The number of fused-ring (bicyclic) bond motifs is 1. The third kappa shape index (κ3) is 9.14. The molecule has 0 unspecified atom stereocenters. The highest BCUT2D eigenvalue weighted by Gasteiger charge is 2.00. The number of unbranched alkanes of at least 4 members (excludes halogenated alkanes) is 1. The zero-order valence-electron chi connectivity index (χ0n) is 16.6. The first kappa shape index (κ1) is 24.2. The normalized spacial score (nSPS) is 8.46. The van der Waals surface area contributed by atoms with E-state index in [2.05, 4.69) is 26.8 Å². The smallest absolute Gasteiger partial charge is 0.0482 e. The Morgan fingerprint density at radius 1 is 1.00 bits per heavy atom. The number of anilines is 1. The van der Waals surface area contributed by atoms with Crippen molar-refractivity contribution in [3.05, 3.63) is 53.6 Å². The van der Waals surface area contributed by atoms with Gasteiger partial charge in [-0.2, -0.15) is 0 Å². The average Bonchev–Trinajstić information content (AvgIpc) is 2.64.